The molecule has 26 heavy (non-hydrogen) atoms. The van der Waals surface area contributed by atoms with Gasteiger partial charge < -0.3 is 20.2 Å². The molecule has 0 radical (unpaired) electrons. The molecule has 0 heterocycles. The van der Waals surface area contributed by atoms with Crippen LogP contribution in [-0.4, -0.2) is 67.5 Å². The van der Waals surface area contributed by atoms with Crippen LogP contribution in [-0.2, 0) is 4.74 Å². The molecule has 2 atom stereocenters. The molecule has 0 saturated carbocycles. The fourth-order valence-electron chi connectivity index (χ4n) is 2.85. The lowest BCUT2D eigenvalue weighted by atomic mass is 9.72. The minimum atomic E-state index is -4.69. The maximum absolute atomic E-state index is 13.4. The van der Waals surface area contributed by atoms with E-state index in [2.05, 4.69) is 17.0 Å². The molecule has 0 fully saturated rings. The Morgan fingerprint density at radius 1 is 1.35 bits per heavy atom. The summed E-state index contributed by atoms with van der Waals surface area (Å²) in [5.41, 5.74) is 2.42. The second-order valence-corrected chi connectivity index (χ2v) is 6.28. The number of amidine groups is 1. The van der Waals surface area contributed by atoms with Crippen molar-refractivity contribution in [3.63, 3.8) is 0 Å². The largest absolute Gasteiger partial charge is 0.450 e. The highest BCUT2D eigenvalue weighted by Crippen LogP contribution is 2.40. The van der Waals surface area contributed by atoms with Crippen LogP contribution < -0.4 is 10.9 Å². The Kier molecular flexibility index (Phi) is 9.33. The molecule has 0 rings (SSSR count). The van der Waals surface area contributed by atoms with E-state index in [0.717, 1.165) is 0 Å². The van der Waals surface area contributed by atoms with Gasteiger partial charge in [0.1, 0.15) is 0 Å². The number of aliphatic hydroxyl groups excluding tert-OH is 1. The van der Waals surface area contributed by atoms with Crippen LogP contribution in [0.4, 0.5) is 13.2 Å². The molecular weight excluding hydrogens is 349 g/mol. The van der Waals surface area contributed by atoms with Crippen molar-refractivity contribution in [2.45, 2.75) is 44.4 Å². The summed E-state index contributed by atoms with van der Waals surface area (Å²) >= 11 is 0. The monoisotopic (exact) mass is 380 g/mol. The molecule has 6 nitrogen and oxygen atoms in total. The van der Waals surface area contributed by atoms with Crippen molar-refractivity contribution in [1.82, 2.24) is 15.8 Å². The maximum atomic E-state index is 13.4. The Morgan fingerprint density at radius 2 is 1.92 bits per heavy atom. The molecule has 0 bridgehead atoms. The minimum Gasteiger partial charge on any atom is -0.396 e. The summed E-state index contributed by atoms with van der Waals surface area (Å²) in [5, 5.41) is 9.55. The number of hydrogen-bond donors (Lipinski definition) is 3. The molecule has 0 aliphatic rings. The SMILES string of the molecule is C=C(COC)C(C)(N(C)/C=C\C)C(C)(CCO)N=C(NNC)C(F)(F)F. The van der Waals surface area contributed by atoms with Crippen molar-refractivity contribution < 1.29 is 23.0 Å². The van der Waals surface area contributed by atoms with Crippen LogP contribution in [0.1, 0.15) is 27.2 Å². The molecule has 0 aromatic heterocycles. The number of ether oxygens (including phenoxy) is 1. The van der Waals surface area contributed by atoms with Gasteiger partial charge in [0.05, 0.1) is 17.7 Å². The highest BCUT2D eigenvalue weighted by atomic mass is 19.4. The number of methoxy groups -OCH3 is 1. The van der Waals surface area contributed by atoms with Crippen molar-refractivity contribution in [2.75, 3.05) is 34.4 Å². The predicted molar refractivity (Wildman–Crippen MR) is 97.8 cm³/mol. The van der Waals surface area contributed by atoms with Gasteiger partial charge in [0.15, 0.2) is 0 Å². The van der Waals surface area contributed by atoms with Crippen molar-refractivity contribution in [3.05, 3.63) is 24.4 Å². The average molecular weight is 380 g/mol. The van der Waals surface area contributed by atoms with Crippen molar-refractivity contribution in [1.29, 1.82) is 0 Å². The summed E-state index contributed by atoms with van der Waals surface area (Å²) < 4.78 is 45.3. The lowest BCUT2D eigenvalue weighted by Gasteiger charge is -2.50. The number of hydrazine groups is 1. The summed E-state index contributed by atoms with van der Waals surface area (Å²) in [6.45, 7) is 8.90. The predicted octanol–water partition coefficient (Wildman–Crippen LogP) is 2.24. The van der Waals surface area contributed by atoms with Crippen molar-refractivity contribution >= 4 is 5.84 Å². The maximum Gasteiger partial charge on any atom is 0.450 e. The van der Waals surface area contributed by atoms with Gasteiger partial charge in [0, 0.05) is 27.8 Å². The van der Waals surface area contributed by atoms with E-state index in [0.29, 0.717) is 5.57 Å². The summed E-state index contributed by atoms with van der Waals surface area (Å²) in [6.07, 6.45) is -1.22. The molecule has 152 valence electrons. The van der Waals surface area contributed by atoms with E-state index in [-0.39, 0.29) is 19.6 Å². The topological polar surface area (TPSA) is 69.1 Å². The molecule has 0 spiro atoms. The van der Waals surface area contributed by atoms with Gasteiger partial charge in [-0.25, -0.2) is 5.43 Å². The van der Waals surface area contributed by atoms with Crippen LogP contribution in [0.2, 0.25) is 0 Å². The zero-order valence-corrected chi connectivity index (χ0v) is 16.4. The number of nitrogens with one attached hydrogen (secondary N) is 2. The van der Waals surface area contributed by atoms with E-state index in [4.69, 9.17) is 4.74 Å². The summed E-state index contributed by atoms with van der Waals surface area (Å²) in [6, 6.07) is 0. The number of alkyl halides is 3. The Morgan fingerprint density at radius 3 is 2.31 bits per heavy atom. The quantitative estimate of drug-likeness (QED) is 0.235. The zero-order valence-electron chi connectivity index (χ0n) is 16.4. The third-order valence-electron chi connectivity index (χ3n) is 4.60. The van der Waals surface area contributed by atoms with Gasteiger partial charge in [-0.1, -0.05) is 12.7 Å². The standard InChI is InChI=1S/C17H31F3N4O2/c1-8-10-24(6)16(4,13(2)12-26-7)15(3,9-11-25)22-14(23-21-5)17(18,19)20/h8,10,21,25H,2,9,11-12H2,1,3-7H3,(H,22,23)/b10-8-. The molecule has 0 saturated heterocycles. The fourth-order valence-corrected chi connectivity index (χ4v) is 2.85. The van der Waals surface area contributed by atoms with Crippen LogP contribution >= 0.6 is 0 Å². The number of aliphatic hydroxyl groups is 1. The van der Waals surface area contributed by atoms with E-state index in [1.54, 1.807) is 45.0 Å². The summed E-state index contributed by atoms with van der Waals surface area (Å²) in [4.78, 5) is 5.74. The Hall–Kier alpha value is -1.58. The van der Waals surface area contributed by atoms with Gasteiger partial charge in [0.2, 0.25) is 5.84 Å². The highest BCUT2D eigenvalue weighted by Gasteiger charge is 2.50. The molecule has 0 aliphatic heterocycles. The van der Waals surface area contributed by atoms with Crippen LogP contribution in [0.25, 0.3) is 0 Å². The highest BCUT2D eigenvalue weighted by molar-refractivity contribution is 5.87. The first-order valence-electron chi connectivity index (χ1n) is 8.18. The fraction of sp³-hybridized carbons (Fsp3) is 0.706. The molecule has 2 unspecified atom stereocenters. The van der Waals surface area contributed by atoms with Crippen LogP contribution in [0.5, 0.6) is 0 Å². The number of hydrogen-bond acceptors (Lipinski definition) is 5. The first-order chi connectivity index (χ1) is 11.9. The van der Waals surface area contributed by atoms with Gasteiger partial charge in [-0.15, -0.1) is 0 Å². The molecule has 0 aromatic carbocycles. The molecular formula is C17H31F3N4O2. The van der Waals surface area contributed by atoms with Crippen molar-refractivity contribution in [2.24, 2.45) is 4.99 Å². The summed E-state index contributed by atoms with van der Waals surface area (Å²) in [5.74, 6) is -1.18. The smallest absolute Gasteiger partial charge is 0.396 e. The van der Waals surface area contributed by atoms with Gasteiger partial charge in [-0.05, 0) is 39.0 Å². The van der Waals surface area contributed by atoms with Crippen molar-refractivity contribution in [3.8, 4) is 0 Å². The molecule has 0 aromatic rings. The zero-order chi connectivity index (χ0) is 20.6. The lowest BCUT2D eigenvalue weighted by Crippen LogP contribution is -2.61. The second kappa shape index (κ2) is 9.94. The van der Waals surface area contributed by atoms with E-state index >= 15 is 0 Å². The molecule has 0 amide bonds. The van der Waals surface area contributed by atoms with Gasteiger partial charge in [-0.3, -0.25) is 4.99 Å². The van der Waals surface area contributed by atoms with Gasteiger partial charge >= 0.3 is 6.18 Å². The van der Waals surface area contributed by atoms with Crippen LogP contribution in [0, 0.1) is 0 Å². The molecule has 9 heteroatoms. The van der Waals surface area contributed by atoms with E-state index < -0.39 is 23.1 Å². The third-order valence-corrected chi connectivity index (χ3v) is 4.60. The third kappa shape index (κ3) is 5.46. The number of halogens is 3. The Bertz CT molecular complexity index is 523. The first kappa shape index (κ1) is 24.4. The summed E-state index contributed by atoms with van der Waals surface area (Å²) in [7, 11) is 4.53. The number of likely N-dealkylation sites (N-methyl/N-ethyl adjacent to an activating group) is 1. The van der Waals surface area contributed by atoms with Gasteiger partial charge in [0.25, 0.3) is 0 Å². The minimum absolute atomic E-state index is 0.0148. The normalized spacial score (nSPS) is 17.7. The van der Waals surface area contributed by atoms with Crippen LogP contribution in [0.15, 0.2) is 29.4 Å². The number of nitrogens with zero attached hydrogens (tertiary/aromatic N) is 2. The van der Waals surface area contributed by atoms with Gasteiger partial charge in [-0.2, -0.15) is 13.2 Å². The lowest BCUT2D eigenvalue weighted by molar-refractivity contribution is -0.0639. The number of allylic oxidation sites excluding steroid dienone is 1. The van der Waals surface area contributed by atoms with E-state index in [9.17, 15) is 18.3 Å². The Labute approximate surface area is 153 Å². The second-order valence-electron chi connectivity index (χ2n) is 6.28. The van der Waals surface area contributed by atoms with Crippen LogP contribution in [0.3, 0.4) is 0 Å². The average Bonchev–Trinajstić information content (AvgIpc) is 2.53. The number of aliphatic imine (C=N–C) groups is 1. The first-order valence-corrected chi connectivity index (χ1v) is 8.18. The molecule has 0 aliphatic carbocycles. The van der Waals surface area contributed by atoms with E-state index in [1.807, 2.05) is 5.43 Å². The molecule has 3 N–H and O–H groups in total. The Balaban J connectivity index is 6.56. The number of rotatable bonds is 10. The van der Waals surface area contributed by atoms with E-state index in [1.165, 1.54) is 14.2 Å².